The maximum absolute atomic E-state index is 13.7. The second-order valence-electron chi connectivity index (χ2n) is 5.03. The lowest BCUT2D eigenvalue weighted by Crippen LogP contribution is -2.24. The molecule has 5 heteroatoms. The van der Waals surface area contributed by atoms with E-state index in [4.69, 9.17) is 15.2 Å². The Morgan fingerprint density at radius 1 is 1.29 bits per heavy atom. The molecule has 0 spiro atoms. The summed E-state index contributed by atoms with van der Waals surface area (Å²) in [5, 5.41) is 0. The monoisotopic (exact) mass is 351 g/mol. The van der Waals surface area contributed by atoms with Gasteiger partial charge < -0.3 is 15.2 Å². The Bertz CT molecular complexity index is 677. The van der Waals surface area contributed by atoms with Gasteiger partial charge in [0.05, 0.1) is 11.6 Å². The summed E-state index contributed by atoms with van der Waals surface area (Å²) < 4.78 is 25.3. The van der Waals surface area contributed by atoms with Crippen molar-refractivity contribution < 1.29 is 13.9 Å². The Balaban J connectivity index is 1.94. The smallest absolute Gasteiger partial charge is 0.137 e. The lowest BCUT2D eigenvalue weighted by molar-refractivity contribution is 0.160. The summed E-state index contributed by atoms with van der Waals surface area (Å²) in [6.45, 7) is 0. The van der Waals surface area contributed by atoms with Crippen molar-refractivity contribution in [1.29, 1.82) is 0 Å². The van der Waals surface area contributed by atoms with Crippen molar-refractivity contribution in [2.45, 2.75) is 18.6 Å². The second-order valence-corrected chi connectivity index (χ2v) is 5.88. The molecule has 0 saturated carbocycles. The van der Waals surface area contributed by atoms with Gasteiger partial charge in [-0.2, -0.15) is 0 Å². The number of hydrogen-bond donors (Lipinski definition) is 1. The van der Waals surface area contributed by atoms with Gasteiger partial charge in [0.1, 0.15) is 23.4 Å². The Morgan fingerprint density at radius 2 is 2.10 bits per heavy atom. The average molecular weight is 352 g/mol. The molecule has 0 bridgehead atoms. The van der Waals surface area contributed by atoms with Gasteiger partial charge in [-0.05, 0) is 39.7 Å². The number of halogens is 2. The summed E-state index contributed by atoms with van der Waals surface area (Å²) in [6, 6.07) is 10.5. The molecule has 2 aromatic rings. The van der Waals surface area contributed by atoms with Crippen molar-refractivity contribution in [3.05, 3.63) is 57.8 Å². The molecule has 0 saturated heterocycles. The Hall–Kier alpha value is -1.59. The molecule has 1 heterocycles. The SMILES string of the molecule is COc1ccc2c(c1)OC(c1ccc(Br)c(F)c1)C[C@@H]2N. The standard InChI is InChI=1S/C16H15BrFNO2/c1-20-10-3-4-11-14(19)8-15(21-16(11)7-10)9-2-5-12(17)13(18)6-9/h2-7,14-15H,8,19H2,1H3/t14-,15?/m0/s1. The average Bonchev–Trinajstić information content (AvgIpc) is 2.49. The molecular formula is C16H15BrFNO2. The van der Waals surface area contributed by atoms with Crippen LogP contribution in [0.1, 0.15) is 29.7 Å². The minimum absolute atomic E-state index is 0.142. The molecular weight excluding hydrogens is 337 g/mol. The lowest BCUT2D eigenvalue weighted by atomic mass is 9.93. The molecule has 1 aliphatic rings. The van der Waals surface area contributed by atoms with E-state index < -0.39 is 0 Å². The summed E-state index contributed by atoms with van der Waals surface area (Å²) >= 11 is 3.15. The Labute approximate surface area is 131 Å². The summed E-state index contributed by atoms with van der Waals surface area (Å²) in [6.07, 6.45) is 0.350. The van der Waals surface area contributed by atoms with Crippen LogP contribution in [0, 0.1) is 5.82 Å². The predicted octanol–water partition coefficient (Wildman–Crippen LogP) is 4.12. The van der Waals surface area contributed by atoms with E-state index >= 15 is 0 Å². The van der Waals surface area contributed by atoms with E-state index in [-0.39, 0.29) is 18.0 Å². The highest BCUT2D eigenvalue weighted by Crippen LogP contribution is 2.41. The van der Waals surface area contributed by atoms with Gasteiger partial charge >= 0.3 is 0 Å². The molecule has 21 heavy (non-hydrogen) atoms. The number of benzene rings is 2. The highest BCUT2D eigenvalue weighted by molar-refractivity contribution is 9.10. The number of hydrogen-bond acceptors (Lipinski definition) is 3. The third kappa shape index (κ3) is 2.76. The zero-order valence-corrected chi connectivity index (χ0v) is 13.1. The third-order valence-electron chi connectivity index (χ3n) is 3.67. The van der Waals surface area contributed by atoms with Crippen molar-refractivity contribution in [2.75, 3.05) is 7.11 Å². The molecule has 0 fully saturated rings. The highest BCUT2D eigenvalue weighted by Gasteiger charge is 2.27. The largest absolute Gasteiger partial charge is 0.497 e. The molecule has 0 aliphatic carbocycles. The molecule has 3 rings (SSSR count). The van der Waals surface area contributed by atoms with E-state index in [1.807, 2.05) is 24.3 Å². The maximum atomic E-state index is 13.7. The zero-order chi connectivity index (χ0) is 15.0. The van der Waals surface area contributed by atoms with Crippen LogP contribution in [0.3, 0.4) is 0 Å². The normalized spacial score (nSPS) is 20.6. The van der Waals surface area contributed by atoms with E-state index in [2.05, 4.69) is 15.9 Å². The summed E-state index contributed by atoms with van der Waals surface area (Å²) in [7, 11) is 1.60. The molecule has 2 aromatic carbocycles. The number of methoxy groups -OCH3 is 1. The molecule has 0 aromatic heterocycles. The van der Waals surface area contributed by atoms with Gasteiger partial charge in [-0.3, -0.25) is 0 Å². The van der Waals surface area contributed by atoms with Crippen molar-refractivity contribution in [3.63, 3.8) is 0 Å². The first kappa shape index (κ1) is 14.4. The van der Waals surface area contributed by atoms with Crippen molar-refractivity contribution in [1.82, 2.24) is 0 Å². The molecule has 0 amide bonds. The summed E-state index contributed by atoms with van der Waals surface area (Å²) in [5.41, 5.74) is 7.94. The summed E-state index contributed by atoms with van der Waals surface area (Å²) in [5.74, 6) is 1.10. The minimum Gasteiger partial charge on any atom is -0.497 e. The fraction of sp³-hybridized carbons (Fsp3) is 0.250. The first-order valence-electron chi connectivity index (χ1n) is 6.63. The predicted molar refractivity (Wildman–Crippen MR) is 82.0 cm³/mol. The number of nitrogens with two attached hydrogens (primary N) is 1. The molecule has 2 atom stereocenters. The molecule has 3 nitrogen and oxygen atoms in total. The van der Waals surface area contributed by atoms with Gasteiger partial charge in [-0.1, -0.05) is 12.1 Å². The van der Waals surface area contributed by atoms with Crippen LogP contribution in [0.5, 0.6) is 11.5 Å². The molecule has 110 valence electrons. The number of rotatable bonds is 2. The quantitative estimate of drug-likeness (QED) is 0.884. The summed E-state index contributed by atoms with van der Waals surface area (Å²) in [4.78, 5) is 0. The van der Waals surface area contributed by atoms with Crippen LogP contribution in [0.25, 0.3) is 0 Å². The van der Waals surface area contributed by atoms with Crippen LogP contribution >= 0.6 is 15.9 Å². The highest BCUT2D eigenvalue weighted by atomic mass is 79.9. The number of fused-ring (bicyclic) bond motifs is 1. The van der Waals surface area contributed by atoms with E-state index in [0.717, 1.165) is 11.1 Å². The van der Waals surface area contributed by atoms with E-state index in [1.165, 1.54) is 6.07 Å². The molecule has 2 N–H and O–H groups in total. The Kier molecular flexibility index (Phi) is 3.87. The molecule has 1 aliphatic heterocycles. The van der Waals surface area contributed by atoms with Gasteiger partial charge in [0.25, 0.3) is 0 Å². The lowest BCUT2D eigenvalue weighted by Gasteiger charge is -2.31. The molecule has 0 radical (unpaired) electrons. The van der Waals surface area contributed by atoms with Gasteiger partial charge in [0.2, 0.25) is 0 Å². The van der Waals surface area contributed by atoms with Crippen LogP contribution in [0.2, 0.25) is 0 Å². The van der Waals surface area contributed by atoms with Crippen LogP contribution in [-0.2, 0) is 0 Å². The van der Waals surface area contributed by atoms with Crippen molar-refractivity contribution in [3.8, 4) is 11.5 Å². The maximum Gasteiger partial charge on any atom is 0.137 e. The van der Waals surface area contributed by atoms with Crippen LogP contribution in [0.15, 0.2) is 40.9 Å². The van der Waals surface area contributed by atoms with Gasteiger partial charge in [-0.25, -0.2) is 4.39 Å². The minimum atomic E-state index is -0.305. The fourth-order valence-electron chi connectivity index (χ4n) is 2.53. The first-order valence-corrected chi connectivity index (χ1v) is 7.43. The molecule has 1 unspecified atom stereocenters. The van der Waals surface area contributed by atoms with Crippen molar-refractivity contribution >= 4 is 15.9 Å². The van der Waals surface area contributed by atoms with Crippen LogP contribution in [0.4, 0.5) is 4.39 Å². The van der Waals surface area contributed by atoms with Gasteiger partial charge in [0.15, 0.2) is 0 Å². The van der Waals surface area contributed by atoms with Gasteiger partial charge in [0, 0.05) is 24.1 Å². The van der Waals surface area contributed by atoms with E-state index in [1.54, 1.807) is 13.2 Å². The van der Waals surface area contributed by atoms with Gasteiger partial charge in [-0.15, -0.1) is 0 Å². The van der Waals surface area contributed by atoms with Crippen LogP contribution in [-0.4, -0.2) is 7.11 Å². The topological polar surface area (TPSA) is 44.5 Å². The number of ether oxygens (including phenoxy) is 2. The fourth-order valence-corrected chi connectivity index (χ4v) is 2.77. The van der Waals surface area contributed by atoms with E-state index in [0.29, 0.717) is 22.4 Å². The zero-order valence-electron chi connectivity index (χ0n) is 11.5. The van der Waals surface area contributed by atoms with Crippen molar-refractivity contribution in [2.24, 2.45) is 5.73 Å². The van der Waals surface area contributed by atoms with Crippen LogP contribution < -0.4 is 15.2 Å². The second kappa shape index (κ2) is 5.66. The Morgan fingerprint density at radius 3 is 2.81 bits per heavy atom. The van der Waals surface area contributed by atoms with E-state index in [9.17, 15) is 4.39 Å². The third-order valence-corrected chi connectivity index (χ3v) is 4.32. The first-order chi connectivity index (χ1) is 10.1.